The van der Waals surface area contributed by atoms with Crippen molar-refractivity contribution < 1.29 is 10.2 Å². The van der Waals surface area contributed by atoms with Gasteiger partial charge in [-0.3, -0.25) is 0 Å². The largest absolute Gasteiger partial charge is 0.507 e. The van der Waals surface area contributed by atoms with E-state index in [0.717, 1.165) is 77.3 Å². The summed E-state index contributed by atoms with van der Waals surface area (Å²) in [6.45, 7) is 4.12. The van der Waals surface area contributed by atoms with Gasteiger partial charge in [0.25, 0.3) is 0 Å². The monoisotopic (exact) mass is 610 g/mol. The third-order valence-corrected chi connectivity index (χ3v) is 9.30. The third-order valence-electron chi connectivity index (χ3n) is 9.30. The van der Waals surface area contributed by atoms with Gasteiger partial charge in [-0.1, -0.05) is 60.2 Å². The predicted molar refractivity (Wildman–Crippen MR) is 193 cm³/mol. The number of pyridine rings is 2. The Morgan fingerprint density at radius 1 is 0.596 bits per heavy atom. The van der Waals surface area contributed by atoms with E-state index in [9.17, 15) is 10.2 Å². The molecule has 47 heavy (non-hydrogen) atoms. The molecule has 0 radical (unpaired) electrons. The highest BCUT2D eigenvalue weighted by Crippen LogP contribution is 2.38. The van der Waals surface area contributed by atoms with Crippen LogP contribution in [0.4, 0.5) is 0 Å². The topological polar surface area (TPSA) is 97.8 Å². The van der Waals surface area contributed by atoms with Gasteiger partial charge >= 0.3 is 0 Å². The van der Waals surface area contributed by atoms with Gasteiger partial charge in [-0.15, -0.1) is 0 Å². The number of nitrogens with zero attached hydrogens (tertiary/aromatic N) is 2. The standard InChI is InChI=1S/C41H30N4O2/c1-22-18-27-31-14-16-35(42-31)37(24-6-4-3-5-7-24)36-17-15-32(43-36)28-19-23(2)21-30(41(28)47)34-13-11-26-9-8-25-10-12-33(29(20-22)40(27)46)44-38(25)39(26)45-34/h3-20,42-43,46-47H,21H2,1-2H3. The molecule has 0 saturated heterocycles. The molecule has 6 nitrogen and oxygen atoms in total. The Bertz CT molecular complexity index is 2750. The fraction of sp³-hybridized carbons (Fsp3) is 0.0732. The average Bonchev–Trinajstić information content (AvgIpc) is 3.77. The first-order valence-corrected chi connectivity index (χ1v) is 15.7. The maximum Gasteiger partial charge on any atom is 0.134 e. The summed E-state index contributed by atoms with van der Waals surface area (Å²) < 4.78 is 0. The highest BCUT2D eigenvalue weighted by molar-refractivity contribution is 6.07. The van der Waals surface area contributed by atoms with Crippen molar-refractivity contribution in [3.8, 4) is 22.6 Å². The van der Waals surface area contributed by atoms with E-state index in [1.165, 1.54) is 0 Å². The molecule has 8 aromatic rings. The molecule has 0 fully saturated rings. The number of aryl methyl sites for hydroxylation is 1. The van der Waals surface area contributed by atoms with Crippen LogP contribution in [0.3, 0.4) is 0 Å². The zero-order chi connectivity index (χ0) is 31.8. The van der Waals surface area contributed by atoms with E-state index in [-0.39, 0.29) is 11.5 Å². The minimum absolute atomic E-state index is 0.160. The number of phenols is 1. The summed E-state index contributed by atoms with van der Waals surface area (Å²) in [6.07, 6.45) is 2.63. The van der Waals surface area contributed by atoms with Gasteiger partial charge in [0.15, 0.2) is 0 Å². The van der Waals surface area contributed by atoms with Gasteiger partial charge in [-0.25, -0.2) is 9.97 Å². The van der Waals surface area contributed by atoms with Crippen molar-refractivity contribution in [1.82, 2.24) is 19.9 Å². The Morgan fingerprint density at radius 2 is 1.19 bits per heavy atom. The Balaban J connectivity index is 1.53. The molecule has 3 aromatic carbocycles. The summed E-state index contributed by atoms with van der Waals surface area (Å²) >= 11 is 0. The summed E-state index contributed by atoms with van der Waals surface area (Å²) in [5, 5.41) is 26.9. The Labute approximate surface area is 269 Å². The maximum atomic E-state index is 11.8. The first-order chi connectivity index (χ1) is 22.9. The van der Waals surface area contributed by atoms with Gasteiger partial charge < -0.3 is 20.2 Å². The second kappa shape index (κ2) is 10.2. The average molecular weight is 611 g/mol. The van der Waals surface area contributed by atoms with Crippen LogP contribution >= 0.6 is 0 Å². The number of hydrogen-bond donors (Lipinski definition) is 4. The van der Waals surface area contributed by atoms with E-state index in [2.05, 4.69) is 41.2 Å². The summed E-state index contributed by atoms with van der Waals surface area (Å²) in [4.78, 5) is 17.5. The van der Waals surface area contributed by atoms with Crippen LogP contribution in [0.25, 0.3) is 82.9 Å². The normalized spacial score (nSPS) is 12.7. The number of benzene rings is 3. The maximum absolute atomic E-state index is 11.8. The molecule has 1 aliphatic rings. The van der Waals surface area contributed by atoms with Crippen LogP contribution in [0, 0.1) is 6.92 Å². The Kier molecular flexibility index (Phi) is 5.90. The highest BCUT2D eigenvalue weighted by atomic mass is 16.3. The molecule has 0 atom stereocenters. The van der Waals surface area contributed by atoms with Crippen molar-refractivity contribution in [2.24, 2.45) is 0 Å². The number of phenolic OH excluding ortho intramolecular Hbond substituents is 1. The molecule has 0 spiro atoms. The minimum Gasteiger partial charge on any atom is -0.507 e. The van der Waals surface area contributed by atoms with E-state index in [1.54, 1.807) is 0 Å². The first kappa shape index (κ1) is 27.2. The highest BCUT2D eigenvalue weighted by Gasteiger charge is 2.17. The summed E-state index contributed by atoms with van der Waals surface area (Å²) in [6, 6.07) is 34.4. The van der Waals surface area contributed by atoms with Gasteiger partial charge in [-0.2, -0.15) is 0 Å². The number of allylic oxidation sites excluding steroid dienone is 1. The van der Waals surface area contributed by atoms with Gasteiger partial charge in [0.1, 0.15) is 11.5 Å². The van der Waals surface area contributed by atoms with Crippen LogP contribution in [0.15, 0.2) is 109 Å². The first-order valence-electron chi connectivity index (χ1n) is 15.7. The number of nitrogens with one attached hydrogen (secondary N) is 2. The van der Waals surface area contributed by atoms with Gasteiger partial charge in [-0.05, 0) is 86.0 Å². The fourth-order valence-corrected chi connectivity index (χ4v) is 7.03. The summed E-state index contributed by atoms with van der Waals surface area (Å²) in [7, 11) is 0. The van der Waals surface area contributed by atoms with E-state index in [0.29, 0.717) is 28.2 Å². The number of aromatic amines is 2. The lowest BCUT2D eigenvalue weighted by atomic mass is 9.95. The Morgan fingerprint density at radius 3 is 1.94 bits per heavy atom. The smallest absolute Gasteiger partial charge is 0.134 e. The number of aromatic hydroxyl groups is 2. The summed E-state index contributed by atoms with van der Waals surface area (Å²) in [5.74, 6) is 0.371. The van der Waals surface area contributed by atoms with Gasteiger partial charge in [0, 0.05) is 60.3 Å². The molecule has 0 unspecified atom stereocenters. The van der Waals surface area contributed by atoms with Crippen LogP contribution in [0.2, 0.25) is 0 Å². The van der Waals surface area contributed by atoms with Crippen molar-refractivity contribution >= 4 is 71.8 Å². The van der Waals surface area contributed by atoms with Crippen molar-refractivity contribution in [2.45, 2.75) is 20.3 Å². The molecule has 9 rings (SSSR count). The molecule has 226 valence electrons. The Hall–Kier alpha value is -6.14. The second-order valence-electron chi connectivity index (χ2n) is 12.5. The zero-order valence-electron chi connectivity index (χ0n) is 25.9. The lowest BCUT2D eigenvalue weighted by molar-refractivity contribution is 0.468. The number of H-pyrrole nitrogens is 2. The molecule has 0 amide bonds. The molecule has 1 aliphatic carbocycles. The van der Waals surface area contributed by atoms with Crippen molar-refractivity contribution in [3.63, 3.8) is 0 Å². The second-order valence-corrected chi connectivity index (χ2v) is 12.5. The SMILES string of the molecule is CC1=Cc2c(O)c(c3ccc4ccc5ccc(nc5c4n3)c3cc(C)cc(c3O)c3ccc([nH]3)c(-c3ccccc3)c3ccc2[nH]3)C1. The molecule has 5 heterocycles. The molecular formula is C41H30N4O2. The zero-order valence-corrected chi connectivity index (χ0v) is 25.9. The lowest BCUT2D eigenvalue weighted by Crippen LogP contribution is -1.97. The quantitative estimate of drug-likeness (QED) is 0.139. The third kappa shape index (κ3) is 4.33. The summed E-state index contributed by atoms with van der Waals surface area (Å²) in [5.41, 5.74) is 11.9. The molecule has 4 N–H and O–H groups in total. The molecule has 5 aromatic heterocycles. The van der Waals surface area contributed by atoms with E-state index < -0.39 is 0 Å². The van der Waals surface area contributed by atoms with Crippen LogP contribution in [-0.4, -0.2) is 30.1 Å². The lowest BCUT2D eigenvalue weighted by Gasteiger charge is -2.14. The van der Waals surface area contributed by atoms with E-state index in [1.807, 2.05) is 91.9 Å². The van der Waals surface area contributed by atoms with Crippen molar-refractivity contribution in [1.29, 1.82) is 0 Å². The van der Waals surface area contributed by atoms with Gasteiger partial charge in [0.2, 0.25) is 0 Å². The number of aromatic nitrogens is 4. The minimum atomic E-state index is 0.160. The molecule has 12 bridgehead atoms. The molecule has 6 heteroatoms. The molecular weight excluding hydrogens is 580 g/mol. The van der Waals surface area contributed by atoms with Crippen LogP contribution in [0.1, 0.15) is 23.6 Å². The van der Waals surface area contributed by atoms with Gasteiger partial charge in [0.05, 0.1) is 22.1 Å². The number of hydrogen-bond acceptors (Lipinski definition) is 4. The fourth-order valence-electron chi connectivity index (χ4n) is 7.03. The van der Waals surface area contributed by atoms with Crippen LogP contribution in [-0.2, 0) is 6.42 Å². The molecule has 0 saturated carbocycles. The predicted octanol–water partition coefficient (Wildman–Crippen LogP) is 10.1. The van der Waals surface area contributed by atoms with Crippen molar-refractivity contribution in [2.75, 3.05) is 0 Å². The van der Waals surface area contributed by atoms with Crippen LogP contribution < -0.4 is 0 Å². The van der Waals surface area contributed by atoms with E-state index in [4.69, 9.17) is 9.97 Å². The number of rotatable bonds is 1. The van der Waals surface area contributed by atoms with Crippen molar-refractivity contribution in [3.05, 3.63) is 125 Å². The van der Waals surface area contributed by atoms with E-state index >= 15 is 0 Å². The van der Waals surface area contributed by atoms with Crippen LogP contribution in [0.5, 0.6) is 11.5 Å². The number of fused-ring (bicyclic) bond motifs is 14. The molecule has 0 aliphatic heterocycles.